The molecule has 0 saturated carbocycles. The van der Waals surface area contributed by atoms with Gasteiger partial charge in [0.25, 0.3) is 5.97 Å². The van der Waals surface area contributed by atoms with Gasteiger partial charge in [-0.1, -0.05) is 13.8 Å². The second-order valence-electron chi connectivity index (χ2n) is 2.64. The molecule has 0 saturated heterocycles. The lowest BCUT2D eigenvalue weighted by Crippen LogP contribution is -2.11. The summed E-state index contributed by atoms with van der Waals surface area (Å²) in [5, 5.41) is 14.2. The lowest BCUT2D eigenvalue weighted by atomic mass is 10.1. The third-order valence-corrected chi connectivity index (χ3v) is 0.628. The summed E-state index contributed by atoms with van der Waals surface area (Å²) in [6.07, 6.45) is 0.722. The molecule has 0 unspecified atom stereocenters. The van der Waals surface area contributed by atoms with Gasteiger partial charge in [0.15, 0.2) is 0 Å². The Morgan fingerprint density at radius 3 is 1.91 bits per heavy atom. The van der Waals surface area contributed by atoms with Crippen LogP contribution in [0.2, 0.25) is 0 Å². The predicted molar refractivity (Wildman–Crippen MR) is 44.7 cm³/mol. The summed E-state index contributed by atoms with van der Waals surface area (Å²) in [7, 11) is 0. The summed E-state index contributed by atoms with van der Waals surface area (Å²) in [5.74, 6) is -0.0208. The molecule has 0 spiro atoms. The molecule has 0 heterocycles. The molecule has 0 radical (unpaired) electrons. The first-order chi connectivity index (χ1) is 4.86. The third-order valence-electron chi connectivity index (χ3n) is 0.628. The molecule has 4 N–H and O–H groups in total. The van der Waals surface area contributed by atoms with Crippen LogP contribution in [0.15, 0.2) is 0 Å². The van der Waals surface area contributed by atoms with Crippen LogP contribution in [0.4, 0.5) is 0 Å². The van der Waals surface area contributed by atoms with Crippen molar-refractivity contribution in [3.05, 3.63) is 0 Å². The molecule has 4 nitrogen and oxygen atoms in total. The van der Waals surface area contributed by atoms with Crippen LogP contribution < -0.4 is 5.73 Å². The summed E-state index contributed by atoms with van der Waals surface area (Å²) in [5.41, 5.74) is 5.08. The Labute approximate surface area is 66.9 Å². The Balaban J connectivity index is 0. The Kier molecular flexibility index (Phi) is 8.08. The molecule has 0 amide bonds. The van der Waals surface area contributed by atoms with E-state index in [2.05, 4.69) is 0 Å². The molecule has 4 heteroatoms. The first kappa shape index (κ1) is 12.6. The number of carbonyl (C=O) groups is 1. The van der Waals surface area contributed by atoms with Crippen molar-refractivity contribution in [1.29, 1.82) is 5.41 Å². The molecule has 0 aromatic heterocycles. The largest absolute Gasteiger partial charge is 0.481 e. The van der Waals surface area contributed by atoms with Gasteiger partial charge in [-0.2, -0.15) is 0 Å². The molecule has 0 aromatic carbocycles. The van der Waals surface area contributed by atoms with E-state index in [0.29, 0.717) is 5.92 Å². The maximum Gasteiger partial charge on any atom is 0.300 e. The number of nitrogens with one attached hydrogen (secondary N) is 1. The minimum atomic E-state index is -0.833. The molecule has 0 aliphatic carbocycles. The van der Waals surface area contributed by atoms with Crippen LogP contribution in [0, 0.1) is 11.3 Å². The molecule has 0 aliphatic rings. The molecule has 66 valence electrons. The average Bonchev–Trinajstić information content (AvgIpc) is 1.56. The smallest absolute Gasteiger partial charge is 0.300 e. The number of amidine groups is 1. The zero-order chi connectivity index (χ0) is 9.44. The summed E-state index contributed by atoms with van der Waals surface area (Å²) >= 11 is 0. The van der Waals surface area contributed by atoms with E-state index in [1.165, 1.54) is 0 Å². The fourth-order valence-corrected chi connectivity index (χ4v) is 0.440. The fraction of sp³-hybridized carbons (Fsp3) is 0.714. The molecule has 0 aromatic rings. The number of hydrogen-bond acceptors (Lipinski definition) is 2. The molecule has 0 aliphatic heterocycles. The summed E-state index contributed by atoms with van der Waals surface area (Å²) in [6, 6.07) is 0. The quantitative estimate of drug-likeness (QED) is 0.417. The van der Waals surface area contributed by atoms with Gasteiger partial charge in [0.05, 0.1) is 5.84 Å². The van der Waals surface area contributed by atoms with Crippen molar-refractivity contribution in [2.45, 2.75) is 27.2 Å². The van der Waals surface area contributed by atoms with Crippen LogP contribution >= 0.6 is 0 Å². The van der Waals surface area contributed by atoms with E-state index >= 15 is 0 Å². The number of carboxylic acid groups (broad SMARTS) is 1. The molecule has 0 atom stereocenters. The maximum atomic E-state index is 9.00. The van der Waals surface area contributed by atoms with E-state index in [-0.39, 0.29) is 5.84 Å². The minimum absolute atomic E-state index is 0.287. The van der Waals surface area contributed by atoms with Crippen molar-refractivity contribution >= 4 is 11.8 Å². The fourth-order valence-electron chi connectivity index (χ4n) is 0.440. The van der Waals surface area contributed by atoms with E-state index < -0.39 is 5.97 Å². The van der Waals surface area contributed by atoms with Gasteiger partial charge in [-0.15, -0.1) is 0 Å². The van der Waals surface area contributed by atoms with Gasteiger partial charge in [-0.3, -0.25) is 10.2 Å². The van der Waals surface area contributed by atoms with E-state index in [0.717, 1.165) is 13.3 Å². The van der Waals surface area contributed by atoms with E-state index in [1.54, 1.807) is 0 Å². The zero-order valence-corrected chi connectivity index (χ0v) is 7.22. The first-order valence-corrected chi connectivity index (χ1v) is 3.38. The van der Waals surface area contributed by atoms with Crippen molar-refractivity contribution < 1.29 is 9.90 Å². The van der Waals surface area contributed by atoms with Crippen LogP contribution in [0.5, 0.6) is 0 Å². The number of hydrogen-bond donors (Lipinski definition) is 3. The predicted octanol–water partition coefficient (Wildman–Crippen LogP) is 1.06. The SMILES string of the molecule is CC(=O)O.CC(C)CC(=N)N. The van der Waals surface area contributed by atoms with Gasteiger partial charge in [0.1, 0.15) is 0 Å². The van der Waals surface area contributed by atoms with E-state index in [1.807, 2.05) is 13.8 Å². The number of aliphatic carboxylic acids is 1. The van der Waals surface area contributed by atoms with Crippen molar-refractivity contribution in [3.63, 3.8) is 0 Å². The number of rotatable bonds is 2. The van der Waals surface area contributed by atoms with Gasteiger partial charge < -0.3 is 10.8 Å². The number of carboxylic acids is 1. The standard InChI is InChI=1S/C5H12N2.C2H4O2/c1-4(2)3-5(6)7;1-2(3)4/h4H,3H2,1-2H3,(H3,6,7);1H3,(H,3,4). The summed E-state index contributed by atoms with van der Waals surface area (Å²) in [6.45, 7) is 5.17. The molecule has 0 rings (SSSR count). The van der Waals surface area contributed by atoms with Crippen LogP contribution in [0.25, 0.3) is 0 Å². The van der Waals surface area contributed by atoms with Crippen LogP contribution in [0.3, 0.4) is 0 Å². The molecular formula is C7H16N2O2. The first-order valence-electron chi connectivity index (χ1n) is 3.38. The lowest BCUT2D eigenvalue weighted by Gasteiger charge is -1.98. The molecule has 11 heavy (non-hydrogen) atoms. The molecule has 0 fully saturated rings. The Morgan fingerprint density at radius 1 is 1.64 bits per heavy atom. The van der Waals surface area contributed by atoms with Crippen molar-refractivity contribution in [1.82, 2.24) is 0 Å². The topological polar surface area (TPSA) is 87.2 Å². The Bertz CT molecular complexity index is 128. The van der Waals surface area contributed by atoms with Crippen molar-refractivity contribution in [3.8, 4) is 0 Å². The van der Waals surface area contributed by atoms with Gasteiger partial charge in [-0.25, -0.2) is 0 Å². The maximum absolute atomic E-state index is 9.00. The van der Waals surface area contributed by atoms with Crippen molar-refractivity contribution in [2.75, 3.05) is 0 Å². The Morgan fingerprint density at radius 2 is 1.91 bits per heavy atom. The zero-order valence-electron chi connectivity index (χ0n) is 7.22. The highest BCUT2D eigenvalue weighted by molar-refractivity contribution is 5.76. The summed E-state index contributed by atoms with van der Waals surface area (Å²) in [4.78, 5) is 9.00. The highest BCUT2D eigenvalue weighted by Crippen LogP contribution is 1.95. The normalized spacial score (nSPS) is 8.36. The van der Waals surface area contributed by atoms with E-state index in [9.17, 15) is 0 Å². The lowest BCUT2D eigenvalue weighted by molar-refractivity contribution is -0.134. The minimum Gasteiger partial charge on any atom is -0.481 e. The second kappa shape index (κ2) is 7.05. The monoisotopic (exact) mass is 160 g/mol. The van der Waals surface area contributed by atoms with Gasteiger partial charge in [0.2, 0.25) is 0 Å². The molecular weight excluding hydrogens is 144 g/mol. The van der Waals surface area contributed by atoms with Crippen LogP contribution in [0.1, 0.15) is 27.2 Å². The highest BCUT2D eigenvalue weighted by atomic mass is 16.4. The average molecular weight is 160 g/mol. The Hall–Kier alpha value is -1.06. The molecule has 0 bridgehead atoms. The van der Waals surface area contributed by atoms with Crippen LogP contribution in [-0.4, -0.2) is 16.9 Å². The van der Waals surface area contributed by atoms with Gasteiger partial charge >= 0.3 is 0 Å². The van der Waals surface area contributed by atoms with Gasteiger partial charge in [-0.05, 0) is 5.92 Å². The number of nitrogens with two attached hydrogens (primary N) is 1. The van der Waals surface area contributed by atoms with Crippen LogP contribution in [-0.2, 0) is 4.79 Å². The third kappa shape index (κ3) is 49.8. The van der Waals surface area contributed by atoms with Crippen molar-refractivity contribution in [2.24, 2.45) is 11.7 Å². The van der Waals surface area contributed by atoms with Gasteiger partial charge in [0, 0.05) is 13.3 Å². The van der Waals surface area contributed by atoms with E-state index in [4.69, 9.17) is 21.0 Å². The highest BCUT2D eigenvalue weighted by Gasteiger charge is 1.92. The second-order valence-corrected chi connectivity index (χ2v) is 2.64. The summed E-state index contributed by atoms with van der Waals surface area (Å²) < 4.78 is 0.